The quantitative estimate of drug-likeness (QED) is 0.640. The third-order valence-electron chi connectivity index (χ3n) is 4.40. The van der Waals surface area contributed by atoms with Gasteiger partial charge in [0.1, 0.15) is 0 Å². The Morgan fingerprint density at radius 3 is 2.37 bits per heavy atom. The van der Waals surface area contributed by atoms with Crippen molar-refractivity contribution in [1.29, 1.82) is 0 Å². The molecule has 1 amide bonds. The van der Waals surface area contributed by atoms with Gasteiger partial charge in [0.25, 0.3) is 0 Å². The normalized spacial score (nSPS) is 15.4. The molecule has 142 valence electrons. The van der Waals surface area contributed by atoms with Crippen molar-refractivity contribution in [2.45, 2.75) is 6.18 Å². The first-order chi connectivity index (χ1) is 12.8. The van der Waals surface area contributed by atoms with Crippen molar-refractivity contribution >= 4 is 33.6 Å². The summed E-state index contributed by atoms with van der Waals surface area (Å²) in [5, 5.41) is 0. The van der Waals surface area contributed by atoms with Gasteiger partial charge in [0.2, 0.25) is 5.91 Å². The fourth-order valence-corrected chi connectivity index (χ4v) is 3.36. The number of carbonyl (C=O) groups excluding carboxylic acids is 1. The Labute approximate surface area is 164 Å². The summed E-state index contributed by atoms with van der Waals surface area (Å²) in [5.74, 6) is -0.0985. The van der Waals surface area contributed by atoms with E-state index in [1.165, 1.54) is 12.1 Å². The summed E-state index contributed by atoms with van der Waals surface area (Å²) in [5.41, 5.74) is 0.789. The largest absolute Gasteiger partial charge is 0.416 e. The molecule has 1 saturated heterocycles. The zero-order valence-electron chi connectivity index (χ0n) is 14.4. The van der Waals surface area contributed by atoms with Crippen LogP contribution in [0.5, 0.6) is 0 Å². The van der Waals surface area contributed by atoms with E-state index in [2.05, 4.69) is 15.9 Å². The first-order valence-electron chi connectivity index (χ1n) is 8.48. The van der Waals surface area contributed by atoms with Crippen molar-refractivity contribution in [2.75, 3.05) is 31.1 Å². The Kier molecular flexibility index (Phi) is 5.89. The van der Waals surface area contributed by atoms with Gasteiger partial charge < -0.3 is 9.80 Å². The maximum Gasteiger partial charge on any atom is 0.416 e. The van der Waals surface area contributed by atoms with Crippen LogP contribution in [0, 0.1) is 0 Å². The van der Waals surface area contributed by atoms with Gasteiger partial charge in [-0.15, -0.1) is 0 Å². The van der Waals surface area contributed by atoms with E-state index >= 15 is 0 Å². The minimum Gasteiger partial charge on any atom is -0.368 e. The van der Waals surface area contributed by atoms with Gasteiger partial charge in [-0.1, -0.05) is 34.1 Å². The van der Waals surface area contributed by atoms with E-state index < -0.39 is 11.7 Å². The lowest BCUT2D eigenvalue weighted by molar-refractivity contribution is -0.137. The van der Waals surface area contributed by atoms with Crippen molar-refractivity contribution in [3.63, 3.8) is 0 Å². The molecule has 7 heteroatoms. The highest BCUT2D eigenvalue weighted by atomic mass is 79.9. The zero-order valence-corrected chi connectivity index (χ0v) is 16.0. The second-order valence-corrected chi connectivity index (χ2v) is 7.16. The second kappa shape index (κ2) is 8.17. The number of anilines is 1. The zero-order chi connectivity index (χ0) is 19.4. The lowest BCUT2D eigenvalue weighted by Crippen LogP contribution is -2.48. The van der Waals surface area contributed by atoms with E-state index in [9.17, 15) is 18.0 Å². The van der Waals surface area contributed by atoms with Crippen molar-refractivity contribution in [2.24, 2.45) is 0 Å². The number of carbonyl (C=O) groups is 1. The van der Waals surface area contributed by atoms with E-state index in [-0.39, 0.29) is 5.91 Å². The van der Waals surface area contributed by atoms with Crippen molar-refractivity contribution < 1.29 is 18.0 Å². The third kappa shape index (κ3) is 5.13. The molecule has 27 heavy (non-hydrogen) atoms. The average molecular weight is 439 g/mol. The maximum absolute atomic E-state index is 12.9. The standard InChI is InChI=1S/C20H18BrF3N2O/c21-17-5-1-3-15(13-17)7-8-19(27)26-11-9-25(10-12-26)18-6-2-4-16(14-18)20(22,23)24/h1-8,13-14H,9-12H2. The van der Waals surface area contributed by atoms with E-state index in [1.54, 1.807) is 17.0 Å². The molecule has 1 heterocycles. The highest BCUT2D eigenvalue weighted by molar-refractivity contribution is 9.10. The Balaban J connectivity index is 1.59. The summed E-state index contributed by atoms with van der Waals surface area (Å²) in [6.07, 6.45) is -1.07. The van der Waals surface area contributed by atoms with Gasteiger partial charge in [-0.2, -0.15) is 13.2 Å². The van der Waals surface area contributed by atoms with Crippen molar-refractivity contribution in [3.05, 3.63) is 70.2 Å². The number of benzene rings is 2. The first kappa shape index (κ1) is 19.5. The summed E-state index contributed by atoms with van der Waals surface area (Å²) in [4.78, 5) is 15.9. The maximum atomic E-state index is 12.9. The average Bonchev–Trinajstić information content (AvgIpc) is 2.66. The molecule has 0 bridgehead atoms. The smallest absolute Gasteiger partial charge is 0.368 e. The van der Waals surface area contributed by atoms with Crippen LogP contribution in [0.25, 0.3) is 6.08 Å². The minimum absolute atomic E-state index is 0.0985. The summed E-state index contributed by atoms with van der Waals surface area (Å²) >= 11 is 3.39. The van der Waals surface area contributed by atoms with Gasteiger partial charge in [0.05, 0.1) is 5.56 Å². The van der Waals surface area contributed by atoms with Gasteiger partial charge in [-0.25, -0.2) is 0 Å². The number of piperazine rings is 1. The molecular formula is C20H18BrF3N2O. The SMILES string of the molecule is O=C(C=Cc1cccc(Br)c1)N1CCN(c2cccc(C(F)(F)F)c2)CC1. The molecule has 0 spiro atoms. The Bertz CT molecular complexity index is 843. The van der Waals surface area contributed by atoms with Crippen LogP contribution >= 0.6 is 15.9 Å². The number of hydrogen-bond acceptors (Lipinski definition) is 2. The van der Waals surface area contributed by atoms with Gasteiger partial charge in [0, 0.05) is 42.4 Å². The minimum atomic E-state index is -4.36. The van der Waals surface area contributed by atoms with E-state index in [4.69, 9.17) is 0 Å². The summed E-state index contributed by atoms with van der Waals surface area (Å²) in [6.45, 7) is 1.94. The molecule has 3 nitrogen and oxygen atoms in total. The van der Waals surface area contributed by atoms with Gasteiger partial charge in [-0.05, 0) is 42.0 Å². The lowest BCUT2D eigenvalue weighted by Gasteiger charge is -2.35. The fourth-order valence-electron chi connectivity index (χ4n) is 2.95. The Hall–Kier alpha value is -2.28. The molecule has 0 N–H and O–H groups in total. The fraction of sp³-hybridized carbons (Fsp3) is 0.250. The molecule has 1 aliphatic heterocycles. The summed E-state index contributed by atoms with van der Waals surface area (Å²) in [6, 6.07) is 12.9. The molecule has 1 aliphatic rings. The van der Waals surface area contributed by atoms with Crippen LogP contribution in [0.4, 0.5) is 18.9 Å². The van der Waals surface area contributed by atoms with E-state index in [0.717, 1.165) is 22.2 Å². The number of rotatable bonds is 3. The number of amides is 1. The molecule has 0 saturated carbocycles. The van der Waals surface area contributed by atoms with Crippen LogP contribution in [0.1, 0.15) is 11.1 Å². The van der Waals surface area contributed by atoms with Crippen LogP contribution < -0.4 is 4.90 Å². The van der Waals surface area contributed by atoms with Crippen LogP contribution in [0.2, 0.25) is 0 Å². The second-order valence-electron chi connectivity index (χ2n) is 6.25. The molecule has 3 rings (SSSR count). The van der Waals surface area contributed by atoms with Crippen LogP contribution in [-0.2, 0) is 11.0 Å². The molecule has 2 aromatic rings. The molecule has 0 radical (unpaired) electrons. The highest BCUT2D eigenvalue weighted by Crippen LogP contribution is 2.31. The lowest BCUT2D eigenvalue weighted by atomic mass is 10.1. The summed E-state index contributed by atoms with van der Waals surface area (Å²) in [7, 11) is 0. The van der Waals surface area contributed by atoms with Crippen LogP contribution in [-0.4, -0.2) is 37.0 Å². The van der Waals surface area contributed by atoms with Crippen molar-refractivity contribution in [1.82, 2.24) is 4.90 Å². The van der Waals surface area contributed by atoms with Crippen LogP contribution in [0.3, 0.4) is 0 Å². The van der Waals surface area contributed by atoms with E-state index in [0.29, 0.717) is 31.9 Å². The number of halogens is 4. The first-order valence-corrected chi connectivity index (χ1v) is 9.27. The molecular weight excluding hydrogens is 421 g/mol. The summed E-state index contributed by atoms with van der Waals surface area (Å²) < 4.78 is 39.5. The highest BCUT2D eigenvalue weighted by Gasteiger charge is 2.31. The Morgan fingerprint density at radius 2 is 1.70 bits per heavy atom. The molecule has 0 aliphatic carbocycles. The predicted molar refractivity (Wildman–Crippen MR) is 103 cm³/mol. The molecule has 1 fully saturated rings. The Morgan fingerprint density at radius 1 is 1.00 bits per heavy atom. The molecule has 0 atom stereocenters. The number of nitrogens with zero attached hydrogens (tertiary/aromatic N) is 2. The molecule has 0 unspecified atom stereocenters. The topological polar surface area (TPSA) is 23.6 Å². The van der Waals surface area contributed by atoms with E-state index in [1.807, 2.05) is 29.2 Å². The van der Waals surface area contributed by atoms with Gasteiger partial charge >= 0.3 is 6.18 Å². The van der Waals surface area contributed by atoms with Crippen LogP contribution in [0.15, 0.2) is 59.1 Å². The number of alkyl halides is 3. The van der Waals surface area contributed by atoms with Gasteiger partial charge in [0.15, 0.2) is 0 Å². The van der Waals surface area contributed by atoms with Crippen molar-refractivity contribution in [3.8, 4) is 0 Å². The third-order valence-corrected chi connectivity index (χ3v) is 4.89. The predicted octanol–water partition coefficient (Wildman–Crippen LogP) is 4.83. The van der Waals surface area contributed by atoms with Gasteiger partial charge in [-0.3, -0.25) is 4.79 Å². The number of hydrogen-bond donors (Lipinski definition) is 0. The molecule has 0 aromatic heterocycles. The monoisotopic (exact) mass is 438 g/mol. The molecule has 2 aromatic carbocycles.